The third-order valence-corrected chi connectivity index (χ3v) is 5.12. The monoisotopic (exact) mass is 373 g/mol. The molecule has 0 bridgehead atoms. The number of nitrogens with zero attached hydrogens (tertiary/aromatic N) is 2. The number of aryl methyl sites for hydroxylation is 1. The van der Waals surface area contributed by atoms with Gasteiger partial charge in [0.2, 0.25) is 5.91 Å². The van der Waals surface area contributed by atoms with Crippen LogP contribution in [0.5, 0.6) is 0 Å². The number of hydrogen-bond acceptors (Lipinski definition) is 2. The number of rotatable bonds is 6. The van der Waals surface area contributed by atoms with Crippen LogP contribution in [0, 0.1) is 0 Å². The van der Waals surface area contributed by atoms with Crippen molar-refractivity contribution in [1.29, 1.82) is 0 Å². The number of hydrogen-bond donors (Lipinski definition) is 1. The summed E-state index contributed by atoms with van der Waals surface area (Å²) in [5.74, 6) is -0.212. The standard InChI is InChI=1S/C23H23N3O2/c1-3-12-25-13-10-17-15-18(8-9-21(17)25)24-22(27)11-14-26-16(2)19-6-4-5-7-20(19)23(26)28/h4-10,13,15H,2-3,11-12,14H2,1H3,(H,24,27). The van der Waals surface area contributed by atoms with Gasteiger partial charge in [-0.3, -0.25) is 9.59 Å². The van der Waals surface area contributed by atoms with Crippen LogP contribution >= 0.6 is 0 Å². The summed E-state index contributed by atoms with van der Waals surface area (Å²) in [7, 11) is 0. The van der Waals surface area contributed by atoms with E-state index in [-0.39, 0.29) is 18.2 Å². The molecule has 2 aromatic carbocycles. The Bertz CT molecular complexity index is 1050. The molecule has 0 atom stereocenters. The van der Waals surface area contributed by atoms with E-state index in [4.69, 9.17) is 0 Å². The molecular formula is C23H23N3O2. The highest BCUT2D eigenvalue weighted by Crippen LogP contribution is 2.31. The minimum Gasteiger partial charge on any atom is -0.347 e. The average molecular weight is 373 g/mol. The molecule has 0 saturated heterocycles. The van der Waals surface area contributed by atoms with Gasteiger partial charge >= 0.3 is 0 Å². The van der Waals surface area contributed by atoms with Gasteiger partial charge in [-0.25, -0.2) is 0 Å². The normalized spacial score (nSPS) is 13.2. The van der Waals surface area contributed by atoms with Gasteiger partial charge in [-0.15, -0.1) is 0 Å². The van der Waals surface area contributed by atoms with Gasteiger partial charge in [0.25, 0.3) is 5.91 Å². The van der Waals surface area contributed by atoms with E-state index >= 15 is 0 Å². The number of amides is 2. The lowest BCUT2D eigenvalue weighted by Gasteiger charge is -2.17. The van der Waals surface area contributed by atoms with Crippen molar-refractivity contribution in [3.05, 3.63) is 72.4 Å². The van der Waals surface area contributed by atoms with Crippen molar-refractivity contribution in [3.8, 4) is 0 Å². The van der Waals surface area contributed by atoms with Gasteiger partial charge in [-0.05, 0) is 36.8 Å². The molecule has 4 rings (SSSR count). The maximum Gasteiger partial charge on any atom is 0.258 e. The third-order valence-electron chi connectivity index (χ3n) is 5.12. The quantitative estimate of drug-likeness (QED) is 0.691. The van der Waals surface area contributed by atoms with E-state index in [9.17, 15) is 9.59 Å². The molecule has 0 radical (unpaired) electrons. The second-order valence-corrected chi connectivity index (χ2v) is 7.03. The summed E-state index contributed by atoms with van der Waals surface area (Å²) >= 11 is 0. The largest absolute Gasteiger partial charge is 0.347 e. The first-order valence-electron chi connectivity index (χ1n) is 9.57. The van der Waals surface area contributed by atoms with Gasteiger partial charge in [0, 0.05) is 59.1 Å². The van der Waals surface area contributed by atoms with E-state index in [1.165, 1.54) is 0 Å². The van der Waals surface area contributed by atoms with E-state index < -0.39 is 0 Å². The minimum atomic E-state index is -0.121. The van der Waals surface area contributed by atoms with Crippen LogP contribution in [0.15, 0.2) is 61.3 Å². The molecule has 0 spiro atoms. The lowest BCUT2D eigenvalue weighted by molar-refractivity contribution is -0.116. The fraction of sp³-hybridized carbons (Fsp3) is 0.217. The van der Waals surface area contributed by atoms with E-state index in [1.807, 2.05) is 36.4 Å². The Hall–Kier alpha value is -3.34. The Kier molecular flexibility index (Phi) is 4.74. The SMILES string of the molecule is C=C1c2ccccc2C(=O)N1CCC(=O)Nc1ccc2c(ccn2CCC)c1. The average Bonchev–Trinajstić information content (AvgIpc) is 3.20. The molecule has 3 aromatic rings. The Morgan fingerprint density at radius 2 is 1.86 bits per heavy atom. The molecule has 2 heterocycles. The lowest BCUT2D eigenvalue weighted by Crippen LogP contribution is -2.27. The molecule has 2 amide bonds. The first-order valence-corrected chi connectivity index (χ1v) is 9.57. The van der Waals surface area contributed by atoms with Crippen molar-refractivity contribution >= 4 is 34.1 Å². The first-order chi connectivity index (χ1) is 13.6. The molecule has 5 heteroatoms. The summed E-state index contributed by atoms with van der Waals surface area (Å²) < 4.78 is 2.21. The smallest absolute Gasteiger partial charge is 0.258 e. The topological polar surface area (TPSA) is 54.3 Å². The van der Waals surface area contributed by atoms with Gasteiger partial charge in [0.05, 0.1) is 0 Å². The molecule has 1 aliphatic heterocycles. The molecule has 1 aromatic heterocycles. The first kappa shape index (κ1) is 18.0. The zero-order chi connectivity index (χ0) is 19.7. The molecule has 1 N–H and O–H groups in total. The fourth-order valence-corrected chi connectivity index (χ4v) is 3.72. The summed E-state index contributed by atoms with van der Waals surface area (Å²) in [6.45, 7) is 7.45. The van der Waals surface area contributed by atoms with Crippen LogP contribution in [0.1, 0.15) is 35.7 Å². The molecule has 5 nitrogen and oxygen atoms in total. The van der Waals surface area contributed by atoms with Crippen LogP contribution in [0.4, 0.5) is 5.69 Å². The summed E-state index contributed by atoms with van der Waals surface area (Å²) in [4.78, 5) is 26.5. The number of aromatic nitrogens is 1. The number of anilines is 1. The van der Waals surface area contributed by atoms with Crippen LogP contribution < -0.4 is 5.32 Å². The maximum atomic E-state index is 12.5. The van der Waals surface area contributed by atoms with Crippen LogP contribution in [0.3, 0.4) is 0 Å². The molecule has 28 heavy (non-hydrogen) atoms. The number of nitrogens with one attached hydrogen (secondary N) is 1. The number of carbonyl (C=O) groups is 2. The second-order valence-electron chi connectivity index (χ2n) is 7.03. The molecule has 1 aliphatic rings. The predicted molar refractivity (Wildman–Crippen MR) is 112 cm³/mol. The molecule has 142 valence electrons. The Labute approximate surface area is 164 Å². The van der Waals surface area contributed by atoms with Gasteiger partial charge in [-0.1, -0.05) is 31.7 Å². The third kappa shape index (κ3) is 3.20. The Balaban J connectivity index is 1.39. The highest BCUT2D eigenvalue weighted by molar-refractivity contribution is 6.09. The van der Waals surface area contributed by atoms with Crippen molar-refractivity contribution in [1.82, 2.24) is 9.47 Å². The Morgan fingerprint density at radius 1 is 1.07 bits per heavy atom. The maximum absolute atomic E-state index is 12.5. The van der Waals surface area contributed by atoms with Crippen molar-refractivity contribution in [2.45, 2.75) is 26.3 Å². The van der Waals surface area contributed by atoms with E-state index in [1.54, 1.807) is 11.0 Å². The van der Waals surface area contributed by atoms with E-state index in [2.05, 4.69) is 35.6 Å². The summed E-state index contributed by atoms with van der Waals surface area (Å²) in [5, 5.41) is 4.04. The number of carbonyl (C=O) groups excluding carboxylic acids is 2. The Morgan fingerprint density at radius 3 is 2.61 bits per heavy atom. The zero-order valence-electron chi connectivity index (χ0n) is 15.9. The van der Waals surface area contributed by atoms with Crippen molar-refractivity contribution in [2.24, 2.45) is 0 Å². The van der Waals surface area contributed by atoms with Crippen molar-refractivity contribution < 1.29 is 9.59 Å². The number of benzene rings is 2. The molecular weight excluding hydrogens is 350 g/mol. The van der Waals surface area contributed by atoms with Crippen LogP contribution in [0.25, 0.3) is 16.6 Å². The fourth-order valence-electron chi connectivity index (χ4n) is 3.72. The molecule has 0 fully saturated rings. The van der Waals surface area contributed by atoms with Gasteiger partial charge < -0.3 is 14.8 Å². The lowest BCUT2D eigenvalue weighted by atomic mass is 10.1. The van der Waals surface area contributed by atoms with Gasteiger partial charge in [-0.2, -0.15) is 0 Å². The molecule has 0 saturated carbocycles. The highest BCUT2D eigenvalue weighted by atomic mass is 16.2. The van der Waals surface area contributed by atoms with Gasteiger partial charge in [0.1, 0.15) is 0 Å². The molecule has 0 unspecified atom stereocenters. The summed E-state index contributed by atoms with van der Waals surface area (Å²) in [6.07, 6.45) is 3.36. The summed E-state index contributed by atoms with van der Waals surface area (Å²) in [5.41, 5.74) is 4.08. The molecule has 0 aliphatic carbocycles. The highest BCUT2D eigenvalue weighted by Gasteiger charge is 2.30. The minimum absolute atomic E-state index is 0.0907. The zero-order valence-corrected chi connectivity index (χ0v) is 15.9. The number of fused-ring (bicyclic) bond motifs is 2. The van der Waals surface area contributed by atoms with E-state index in [0.29, 0.717) is 17.8 Å². The predicted octanol–water partition coefficient (Wildman–Crippen LogP) is 4.51. The van der Waals surface area contributed by atoms with Gasteiger partial charge in [0.15, 0.2) is 0 Å². The second kappa shape index (κ2) is 7.35. The summed E-state index contributed by atoms with van der Waals surface area (Å²) in [6, 6.07) is 15.4. The van der Waals surface area contributed by atoms with Crippen LogP contribution in [-0.2, 0) is 11.3 Å². The van der Waals surface area contributed by atoms with Crippen molar-refractivity contribution in [2.75, 3.05) is 11.9 Å². The van der Waals surface area contributed by atoms with Crippen molar-refractivity contribution in [3.63, 3.8) is 0 Å². The van der Waals surface area contributed by atoms with Crippen LogP contribution in [0.2, 0.25) is 0 Å². The van der Waals surface area contributed by atoms with Crippen LogP contribution in [-0.4, -0.2) is 27.8 Å². The van der Waals surface area contributed by atoms with E-state index in [0.717, 1.165) is 35.1 Å².